The lowest BCUT2D eigenvalue weighted by Gasteiger charge is -2.36. The van der Waals surface area contributed by atoms with Crippen molar-refractivity contribution in [2.45, 2.75) is 58.5 Å². The van der Waals surface area contributed by atoms with E-state index in [4.69, 9.17) is 0 Å². The fourth-order valence-corrected chi connectivity index (χ4v) is 4.14. The molecule has 0 bridgehead atoms. The van der Waals surface area contributed by atoms with E-state index in [9.17, 15) is 9.59 Å². The second kappa shape index (κ2) is 7.42. The van der Waals surface area contributed by atoms with E-state index in [0.29, 0.717) is 18.3 Å². The van der Waals surface area contributed by atoms with Crippen molar-refractivity contribution >= 4 is 17.9 Å². The van der Waals surface area contributed by atoms with Crippen molar-refractivity contribution in [1.29, 1.82) is 0 Å². The van der Waals surface area contributed by atoms with Crippen LogP contribution in [0.4, 0.5) is 0 Å². The summed E-state index contributed by atoms with van der Waals surface area (Å²) in [5, 5.41) is 3.24. The highest BCUT2D eigenvalue weighted by molar-refractivity contribution is 5.82. The fourth-order valence-electron chi connectivity index (χ4n) is 4.14. The van der Waals surface area contributed by atoms with Gasteiger partial charge in [0.05, 0.1) is 12.5 Å². The van der Waals surface area contributed by atoms with Gasteiger partial charge in [0.25, 0.3) is 0 Å². The van der Waals surface area contributed by atoms with Gasteiger partial charge in [-0.15, -0.1) is 0 Å². The zero-order valence-corrected chi connectivity index (χ0v) is 15.4. The molecule has 1 aliphatic carbocycles. The molecule has 134 valence electrons. The zero-order chi connectivity index (χ0) is 18.0. The molecular formula is C21H28N2O2. The average Bonchev–Trinajstić information content (AvgIpc) is 2.59. The average molecular weight is 340 g/mol. The summed E-state index contributed by atoms with van der Waals surface area (Å²) in [5.74, 6) is 1.14. The molecule has 4 heteroatoms. The monoisotopic (exact) mass is 340 g/mol. The lowest BCUT2D eigenvalue weighted by molar-refractivity contribution is -0.130. The van der Waals surface area contributed by atoms with Crippen molar-refractivity contribution in [2.75, 3.05) is 0 Å². The molecule has 1 N–H and O–H groups in total. The first kappa shape index (κ1) is 17.7. The summed E-state index contributed by atoms with van der Waals surface area (Å²) in [4.78, 5) is 26.4. The molecule has 4 unspecified atom stereocenters. The summed E-state index contributed by atoms with van der Waals surface area (Å²) < 4.78 is 0. The quantitative estimate of drug-likeness (QED) is 0.907. The Hall–Kier alpha value is -2.10. The van der Waals surface area contributed by atoms with Gasteiger partial charge in [0.2, 0.25) is 11.8 Å². The Balaban J connectivity index is 1.74. The lowest BCUT2D eigenvalue weighted by atomic mass is 9.78. The highest BCUT2D eigenvalue weighted by Gasteiger charge is 2.31. The van der Waals surface area contributed by atoms with Crippen molar-refractivity contribution in [3.8, 4) is 0 Å². The Bertz CT molecular complexity index is 682. The molecule has 1 aliphatic heterocycles. The minimum Gasteiger partial charge on any atom is -0.353 e. The number of hydrogen-bond donors (Lipinski definition) is 1. The van der Waals surface area contributed by atoms with E-state index in [2.05, 4.69) is 19.2 Å². The number of carbonyl (C=O) groups excluding carboxylic acids is 2. The molecule has 1 fully saturated rings. The standard InChI is InChI=1S/C21H28N2O2/c1-14-7-6-10-19(15(14)2)22-21(25)13-20-18-9-5-4-8-17(18)11-12-23(20)16(3)24/h4-5,8-9,11-12,14-15,19-20H,6-7,10,13H2,1-3H3,(H,22,25). The number of nitrogens with zero attached hydrogens (tertiary/aromatic N) is 1. The van der Waals surface area contributed by atoms with Gasteiger partial charge in [-0.2, -0.15) is 0 Å². The van der Waals surface area contributed by atoms with Crippen LogP contribution < -0.4 is 5.32 Å². The summed E-state index contributed by atoms with van der Waals surface area (Å²) in [6.07, 6.45) is 7.51. The smallest absolute Gasteiger partial charge is 0.223 e. The van der Waals surface area contributed by atoms with Crippen LogP contribution >= 0.6 is 0 Å². The molecule has 1 aromatic rings. The van der Waals surface area contributed by atoms with E-state index in [1.807, 2.05) is 30.3 Å². The summed E-state index contributed by atoms with van der Waals surface area (Å²) in [5.41, 5.74) is 2.12. The first-order valence-corrected chi connectivity index (χ1v) is 9.32. The topological polar surface area (TPSA) is 49.4 Å². The van der Waals surface area contributed by atoms with E-state index in [0.717, 1.165) is 17.5 Å². The van der Waals surface area contributed by atoms with Gasteiger partial charge < -0.3 is 10.2 Å². The number of hydrogen-bond acceptors (Lipinski definition) is 2. The number of carbonyl (C=O) groups is 2. The Morgan fingerprint density at radius 1 is 1.20 bits per heavy atom. The van der Waals surface area contributed by atoms with Gasteiger partial charge in [-0.1, -0.05) is 51.0 Å². The molecule has 0 saturated heterocycles. The van der Waals surface area contributed by atoms with Crippen molar-refractivity contribution in [2.24, 2.45) is 11.8 Å². The van der Waals surface area contributed by atoms with Crippen molar-refractivity contribution in [3.63, 3.8) is 0 Å². The molecule has 0 spiro atoms. The number of nitrogens with one attached hydrogen (secondary N) is 1. The van der Waals surface area contributed by atoms with E-state index in [1.165, 1.54) is 12.8 Å². The first-order valence-electron chi connectivity index (χ1n) is 9.32. The SMILES string of the molecule is CC(=O)N1C=Cc2ccccc2C1CC(=O)NC1CCCC(C)C1C. The summed E-state index contributed by atoms with van der Waals surface area (Å²) in [7, 11) is 0. The van der Waals surface area contributed by atoms with Crippen molar-refractivity contribution in [1.82, 2.24) is 10.2 Å². The van der Waals surface area contributed by atoms with Gasteiger partial charge in [0.1, 0.15) is 0 Å². The Kier molecular flexibility index (Phi) is 5.26. The van der Waals surface area contributed by atoms with Crippen molar-refractivity contribution < 1.29 is 9.59 Å². The maximum absolute atomic E-state index is 12.7. The molecule has 3 rings (SSSR count). The van der Waals surface area contributed by atoms with Crippen molar-refractivity contribution in [3.05, 3.63) is 41.6 Å². The number of fused-ring (bicyclic) bond motifs is 1. The van der Waals surface area contributed by atoms with Crippen LogP contribution in [-0.4, -0.2) is 22.8 Å². The summed E-state index contributed by atoms with van der Waals surface area (Å²) in [6.45, 7) is 6.05. The predicted molar refractivity (Wildman–Crippen MR) is 99.5 cm³/mol. The summed E-state index contributed by atoms with van der Waals surface area (Å²) >= 11 is 0. The molecule has 1 aromatic carbocycles. The second-order valence-electron chi connectivity index (χ2n) is 7.53. The van der Waals surface area contributed by atoms with Gasteiger partial charge in [-0.05, 0) is 35.5 Å². The number of amides is 2. The molecule has 2 aliphatic rings. The third kappa shape index (κ3) is 3.78. The Labute approximate surface area is 150 Å². The van der Waals surface area contributed by atoms with Crippen LogP contribution in [0.25, 0.3) is 6.08 Å². The van der Waals surface area contributed by atoms with Crippen LogP contribution in [0.3, 0.4) is 0 Å². The molecule has 0 aromatic heterocycles. The first-order chi connectivity index (χ1) is 12.0. The predicted octanol–water partition coefficient (Wildman–Crippen LogP) is 3.89. The fraction of sp³-hybridized carbons (Fsp3) is 0.524. The maximum Gasteiger partial charge on any atom is 0.223 e. The van der Waals surface area contributed by atoms with Gasteiger partial charge in [-0.25, -0.2) is 0 Å². The van der Waals surface area contributed by atoms with Gasteiger partial charge >= 0.3 is 0 Å². The molecule has 25 heavy (non-hydrogen) atoms. The number of rotatable bonds is 3. The zero-order valence-electron chi connectivity index (χ0n) is 15.4. The van der Waals surface area contributed by atoms with E-state index in [1.54, 1.807) is 18.0 Å². The normalized spacial score (nSPS) is 28.4. The minimum absolute atomic E-state index is 0.0345. The second-order valence-corrected chi connectivity index (χ2v) is 7.53. The van der Waals surface area contributed by atoms with Crippen LogP contribution in [0, 0.1) is 11.8 Å². The van der Waals surface area contributed by atoms with E-state index in [-0.39, 0.29) is 23.9 Å². The molecule has 4 atom stereocenters. The minimum atomic E-state index is -0.227. The molecule has 0 radical (unpaired) electrons. The molecule has 1 saturated carbocycles. The van der Waals surface area contributed by atoms with Crippen LogP contribution in [0.5, 0.6) is 0 Å². The Morgan fingerprint density at radius 2 is 1.96 bits per heavy atom. The Morgan fingerprint density at radius 3 is 2.72 bits per heavy atom. The third-order valence-electron chi connectivity index (χ3n) is 5.90. The molecule has 2 amide bonds. The summed E-state index contributed by atoms with van der Waals surface area (Å²) in [6, 6.07) is 8.00. The van der Waals surface area contributed by atoms with Gasteiger partial charge in [0.15, 0.2) is 0 Å². The number of benzene rings is 1. The van der Waals surface area contributed by atoms with Crippen LogP contribution in [-0.2, 0) is 9.59 Å². The highest BCUT2D eigenvalue weighted by Crippen LogP contribution is 2.34. The lowest BCUT2D eigenvalue weighted by Crippen LogP contribution is -2.45. The molecule has 1 heterocycles. The third-order valence-corrected chi connectivity index (χ3v) is 5.90. The highest BCUT2D eigenvalue weighted by atomic mass is 16.2. The largest absolute Gasteiger partial charge is 0.353 e. The maximum atomic E-state index is 12.7. The van der Waals surface area contributed by atoms with Crippen LogP contribution in [0.1, 0.15) is 63.6 Å². The van der Waals surface area contributed by atoms with E-state index >= 15 is 0 Å². The van der Waals surface area contributed by atoms with Crippen LogP contribution in [0.2, 0.25) is 0 Å². The molecule has 4 nitrogen and oxygen atoms in total. The van der Waals surface area contributed by atoms with Crippen LogP contribution in [0.15, 0.2) is 30.5 Å². The molecular weight excluding hydrogens is 312 g/mol. The van der Waals surface area contributed by atoms with Gasteiger partial charge in [0, 0.05) is 19.2 Å². The van der Waals surface area contributed by atoms with Gasteiger partial charge in [-0.3, -0.25) is 9.59 Å². The van der Waals surface area contributed by atoms with E-state index < -0.39 is 0 Å².